The lowest BCUT2D eigenvalue weighted by Gasteiger charge is -2.03. The van der Waals surface area contributed by atoms with Gasteiger partial charge in [-0.3, -0.25) is 4.79 Å². The molecule has 0 aromatic carbocycles. The van der Waals surface area contributed by atoms with Crippen LogP contribution < -0.4 is 0 Å². The van der Waals surface area contributed by atoms with Gasteiger partial charge in [-0.1, -0.05) is 13.8 Å². The van der Waals surface area contributed by atoms with E-state index in [0.717, 1.165) is 0 Å². The summed E-state index contributed by atoms with van der Waals surface area (Å²) < 4.78 is 4.80. The Labute approximate surface area is 62.6 Å². The van der Waals surface area contributed by atoms with Gasteiger partial charge >= 0.3 is 5.97 Å². The standard InChI is InChI=1S/C8H15O2/c1-4-5-10-8(9)6-7(2)3/h7H,1,4-6H2,2-3H3. The normalized spacial score (nSPS) is 10.0. The zero-order valence-corrected chi connectivity index (χ0v) is 6.72. The second kappa shape index (κ2) is 5.27. The summed E-state index contributed by atoms with van der Waals surface area (Å²) in [7, 11) is 0. The molecule has 0 unspecified atom stereocenters. The largest absolute Gasteiger partial charge is 0.466 e. The van der Waals surface area contributed by atoms with Gasteiger partial charge in [0.15, 0.2) is 0 Å². The van der Waals surface area contributed by atoms with Gasteiger partial charge < -0.3 is 4.74 Å². The highest BCUT2D eigenvalue weighted by Crippen LogP contribution is 2.00. The fraction of sp³-hybridized carbons (Fsp3) is 0.750. The second-order valence-electron chi connectivity index (χ2n) is 2.67. The molecule has 0 aliphatic heterocycles. The number of carbonyl (C=O) groups is 1. The molecule has 0 atom stereocenters. The minimum Gasteiger partial charge on any atom is -0.466 e. The SMILES string of the molecule is [CH2]CCOC(=O)CC(C)C. The van der Waals surface area contributed by atoms with Crippen LogP contribution >= 0.6 is 0 Å². The van der Waals surface area contributed by atoms with Crippen LogP contribution in [0.5, 0.6) is 0 Å². The molecule has 0 fully saturated rings. The third kappa shape index (κ3) is 5.60. The third-order valence-electron chi connectivity index (χ3n) is 0.982. The molecular weight excluding hydrogens is 128 g/mol. The lowest BCUT2D eigenvalue weighted by molar-refractivity contribution is -0.144. The zero-order valence-electron chi connectivity index (χ0n) is 6.72. The molecular formula is C8H15O2. The number of hydrogen-bond acceptors (Lipinski definition) is 2. The molecule has 0 rings (SSSR count). The molecule has 59 valence electrons. The smallest absolute Gasteiger partial charge is 0.306 e. The summed E-state index contributed by atoms with van der Waals surface area (Å²) >= 11 is 0. The van der Waals surface area contributed by atoms with Crippen molar-refractivity contribution >= 4 is 5.97 Å². The Morgan fingerprint density at radius 1 is 1.60 bits per heavy atom. The maximum Gasteiger partial charge on any atom is 0.306 e. The Hall–Kier alpha value is -0.530. The van der Waals surface area contributed by atoms with Crippen LogP contribution in [0.4, 0.5) is 0 Å². The third-order valence-corrected chi connectivity index (χ3v) is 0.982. The minimum absolute atomic E-state index is 0.112. The highest BCUT2D eigenvalue weighted by molar-refractivity contribution is 5.69. The maximum atomic E-state index is 10.8. The number of carbonyl (C=O) groups excluding carboxylic acids is 1. The van der Waals surface area contributed by atoms with Gasteiger partial charge in [0, 0.05) is 6.42 Å². The number of hydrogen-bond donors (Lipinski definition) is 0. The molecule has 10 heavy (non-hydrogen) atoms. The first-order valence-electron chi connectivity index (χ1n) is 3.61. The summed E-state index contributed by atoms with van der Waals surface area (Å²) in [4.78, 5) is 10.8. The van der Waals surface area contributed by atoms with Crippen molar-refractivity contribution in [3.8, 4) is 0 Å². The molecule has 0 N–H and O–H groups in total. The van der Waals surface area contributed by atoms with E-state index in [-0.39, 0.29) is 5.97 Å². The van der Waals surface area contributed by atoms with Gasteiger partial charge in [-0.25, -0.2) is 0 Å². The first kappa shape index (κ1) is 9.47. The predicted octanol–water partition coefficient (Wildman–Crippen LogP) is 1.80. The molecule has 0 aromatic rings. The molecule has 0 aliphatic carbocycles. The molecule has 0 heterocycles. The summed E-state index contributed by atoms with van der Waals surface area (Å²) in [6, 6.07) is 0. The van der Waals surface area contributed by atoms with E-state index in [4.69, 9.17) is 4.74 Å². The fourth-order valence-electron chi connectivity index (χ4n) is 0.578. The van der Waals surface area contributed by atoms with Crippen molar-refractivity contribution in [2.75, 3.05) is 6.61 Å². The van der Waals surface area contributed by atoms with Crippen LogP contribution in [-0.2, 0) is 9.53 Å². The molecule has 0 saturated heterocycles. The van der Waals surface area contributed by atoms with Crippen LogP contribution in [0.15, 0.2) is 0 Å². The molecule has 0 spiro atoms. The van der Waals surface area contributed by atoms with Crippen LogP contribution in [0, 0.1) is 12.8 Å². The van der Waals surface area contributed by atoms with Gasteiger partial charge in [0.05, 0.1) is 6.61 Å². The van der Waals surface area contributed by atoms with Gasteiger partial charge in [0.1, 0.15) is 0 Å². The summed E-state index contributed by atoms with van der Waals surface area (Å²) in [5.41, 5.74) is 0. The average molecular weight is 143 g/mol. The van der Waals surface area contributed by atoms with E-state index in [9.17, 15) is 4.79 Å². The highest BCUT2D eigenvalue weighted by Gasteiger charge is 2.03. The number of esters is 1. The molecule has 0 aromatic heterocycles. The van der Waals surface area contributed by atoms with Gasteiger partial charge in [0.2, 0.25) is 0 Å². The summed E-state index contributed by atoms with van der Waals surface area (Å²) in [6.45, 7) is 7.99. The van der Waals surface area contributed by atoms with Crippen LogP contribution in [-0.4, -0.2) is 12.6 Å². The van der Waals surface area contributed by atoms with Crippen molar-refractivity contribution in [3.05, 3.63) is 6.92 Å². The minimum atomic E-state index is -0.112. The fourth-order valence-corrected chi connectivity index (χ4v) is 0.578. The van der Waals surface area contributed by atoms with Crippen molar-refractivity contribution < 1.29 is 9.53 Å². The van der Waals surface area contributed by atoms with E-state index in [1.807, 2.05) is 13.8 Å². The summed E-state index contributed by atoms with van der Waals surface area (Å²) in [6.07, 6.45) is 1.17. The molecule has 1 radical (unpaired) electrons. The van der Waals surface area contributed by atoms with Crippen LogP contribution in [0.1, 0.15) is 26.7 Å². The van der Waals surface area contributed by atoms with Crippen molar-refractivity contribution in [2.24, 2.45) is 5.92 Å². The second-order valence-corrected chi connectivity index (χ2v) is 2.67. The van der Waals surface area contributed by atoms with Crippen molar-refractivity contribution in [1.82, 2.24) is 0 Å². The molecule has 2 heteroatoms. The first-order valence-corrected chi connectivity index (χ1v) is 3.61. The first-order chi connectivity index (χ1) is 4.66. The lowest BCUT2D eigenvalue weighted by atomic mass is 10.1. The van der Waals surface area contributed by atoms with Crippen LogP contribution in [0.3, 0.4) is 0 Å². The van der Waals surface area contributed by atoms with Crippen molar-refractivity contribution in [2.45, 2.75) is 26.7 Å². The van der Waals surface area contributed by atoms with E-state index in [0.29, 0.717) is 25.4 Å². The van der Waals surface area contributed by atoms with Crippen LogP contribution in [0.25, 0.3) is 0 Å². The van der Waals surface area contributed by atoms with Gasteiger partial charge in [-0.05, 0) is 19.3 Å². The maximum absolute atomic E-state index is 10.8. The van der Waals surface area contributed by atoms with Gasteiger partial charge in [-0.2, -0.15) is 0 Å². The molecule has 2 nitrogen and oxygen atoms in total. The van der Waals surface area contributed by atoms with E-state index in [2.05, 4.69) is 6.92 Å². The Balaban J connectivity index is 3.26. The van der Waals surface area contributed by atoms with E-state index in [1.54, 1.807) is 0 Å². The number of rotatable bonds is 4. The zero-order chi connectivity index (χ0) is 7.98. The highest BCUT2D eigenvalue weighted by atomic mass is 16.5. The van der Waals surface area contributed by atoms with E-state index < -0.39 is 0 Å². The predicted molar refractivity (Wildman–Crippen MR) is 40.4 cm³/mol. The molecule has 0 saturated carbocycles. The van der Waals surface area contributed by atoms with Crippen molar-refractivity contribution in [1.29, 1.82) is 0 Å². The Kier molecular flexibility index (Phi) is 4.99. The average Bonchev–Trinajstić information content (AvgIpc) is 1.82. The van der Waals surface area contributed by atoms with E-state index >= 15 is 0 Å². The Morgan fingerprint density at radius 2 is 2.20 bits per heavy atom. The van der Waals surface area contributed by atoms with E-state index in [1.165, 1.54) is 0 Å². The summed E-state index contributed by atoms with van der Waals surface area (Å²) in [5, 5.41) is 0. The van der Waals surface area contributed by atoms with Gasteiger partial charge in [-0.15, -0.1) is 0 Å². The molecule has 0 amide bonds. The quantitative estimate of drug-likeness (QED) is 0.561. The summed E-state index contributed by atoms with van der Waals surface area (Å²) in [5.74, 6) is 0.274. The van der Waals surface area contributed by atoms with Crippen molar-refractivity contribution in [3.63, 3.8) is 0 Å². The van der Waals surface area contributed by atoms with Gasteiger partial charge in [0.25, 0.3) is 0 Å². The molecule has 0 bridgehead atoms. The Bertz CT molecular complexity index is 97.4. The number of ether oxygens (including phenoxy) is 1. The lowest BCUT2D eigenvalue weighted by Crippen LogP contribution is -2.07. The monoisotopic (exact) mass is 143 g/mol. The topological polar surface area (TPSA) is 26.3 Å². The van der Waals surface area contributed by atoms with Crippen LogP contribution in [0.2, 0.25) is 0 Å². The molecule has 0 aliphatic rings. The Morgan fingerprint density at radius 3 is 2.60 bits per heavy atom.